The van der Waals surface area contributed by atoms with Crippen LogP contribution in [0.2, 0.25) is 0 Å². The molecule has 3 aliphatic heterocycles. The number of carboxylic acids is 1. The Balaban J connectivity index is 1.22. The minimum atomic E-state index is -1.71. The van der Waals surface area contributed by atoms with Gasteiger partial charge in [0.25, 0.3) is 11.2 Å². The fraction of sp³-hybridized carbons (Fsp3) is 0.333. The second-order valence-corrected chi connectivity index (χ2v) is 11.7. The molecule has 2 atom stereocenters. The minimum Gasteiger partial charge on any atom is -0.481 e. The van der Waals surface area contributed by atoms with E-state index in [9.17, 15) is 29.6 Å². The molecular formula is C33H31N5O8. The first-order valence-corrected chi connectivity index (χ1v) is 15.1. The molecule has 4 aromatic rings. The van der Waals surface area contributed by atoms with Gasteiger partial charge < -0.3 is 24.0 Å². The number of fused-ring (bicyclic) bond motifs is 5. The van der Waals surface area contributed by atoms with Crippen LogP contribution in [0.15, 0.2) is 65.5 Å². The van der Waals surface area contributed by atoms with E-state index >= 15 is 0 Å². The second kappa shape index (κ2) is 11.3. The summed E-state index contributed by atoms with van der Waals surface area (Å²) in [5.74, 6) is -1.77. The topological polar surface area (TPSA) is 157 Å². The number of aromatic nitrogens is 2. The number of cyclic esters (lactones) is 1. The van der Waals surface area contributed by atoms with Gasteiger partial charge in [-0.25, -0.2) is 9.78 Å². The predicted molar refractivity (Wildman–Crippen MR) is 166 cm³/mol. The van der Waals surface area contributed by atoms with Gasteiger partial charge in [-0.1, -0.05) is 25.1 Å². The highest BCUT2D eigenvalue weighted by atomic mass is 16.6. The summed E-state index contributed by atoms with van der Waals surface area (Å²) in [4.78, 5) is 59.1. The molecule has 0 aliphatic carbocycles. The lowest BCUT2D eigenvalue weighted by atomic mass is 9.85. The van der Waals surface area contributed by atoms with Crippen LogP contribution < -0.4 is 10.5 Å². The van der Waals surface area contributed by atoms with Crippen LogP contribution in [0.25, 0.3) is 22.3 Å². The average Bonchev–Trinajstić information content (AvgIpc) is 3.42. The lowest BCUT2D eigenvalue weighted by Gasteiger charge is -2.44. The summed E-state index contributed by atoms with van der Waals surface area (Å²) in [6, 6.07) is 17.8. The molecule has 0 saturated carbocycles. The summed E-state index contributed by atoms with van der Waals surface area (Å²) in [5.41, 5.74) is 2.40. The first-order chi connectivity index (χ1) is 22.2. The number of hydrogen-bond acceptors (Lipinski definition) is 10. The lowest BCUT2D eigenvalue weighted by Crippen LogP contribution is -2.56. The van der Waals surface area contributed by atoms with Gasteiger partial charge in [-0.15, -0.1) is 0 Å². The third kappa shape index (κ3) is 4.88. The van der Waals surface area contributed by atoms with Crippen molar-refractivity contribution < 1.29 is 29.1 Å². The fourth-order valence-corrected chi connectivity index (χ4v) is 6.79. The van der Waals surface area contributed by atoms with Crippen molar-refractivity contribution in [2.45, 2.75) is 44.7 Å². The lowest BCUT2D eigenvalue weighted by molar-refractivity contribution is -0.384. The number of para-hydroxylation sites is 1. The molecule has 7 rings (SSSR count). The molecule has 1 N–H and O–H groups in total. The van der Waals surface area contributed by atoms with Crippen molar-refractivity contribution in [2.75, 3.05) is 31.1 Å². The first-order valence-electron chi connectivity index (χ1n) is 15.1. The number of esters is 1. The number of nitrogens with zero attached hydrogens (tertiary/aromatic N) is 5. The number of nitro groups is 1. The van der Waals surface area contributed by atoms with E-state index in [0.29, 0.717) is 55.2 Å². The van der Waals surface area contributed by atoms with Crippen molar-refractivity contribution in [3.05, 3.63) is 97.8 Å². The summed E-state index contributed by atoms with van der Waals surface area (Å²) in [5, 5.41) is 21.9. The molecule has 1 fully saturated rings. The van der Waals surface area contributed by atoms with Crippen molar-refractivity contribution >= 4 is 34.2 Å². The number of carbonyl (C=O) groups is 2. The predicted octanol–water partition coefficient (Wildman–Crippen LogP) is 3.64. The number of nitro benzene ring substituents is 1. The van der Waals surface area contributed by atoms with Crippen LogP contribution in [-0.2, 0) is 37.8 Å². The van der Waals surface area contributed by atoms with E-state index in [1.165, 1.54) is 12.1 Å². The van der Waals surface area contributed by atoms with Crippen molar-refractivity contribution in [1.29, 1.82) is 0 Å². The Morgan fingerprint density at radius 2 is 1.85 bits per heavy atom. The van der Waals surface area contributed by atoms with E-state index in [4.69, 9.17) is 14.5 Å². The maximum Gasteiger partial charge on any atom is 0.343 e. The zero-order valence-electron chi connectivity index (χ0n) is 25.0. The van der Waals surface area contributed by atoms with Gasteiger partial charge in [0.1, 0.15) is 12.8 Å². The Bertz CT molecular complexity index is 1950. The highest BCUT2D eigenvalue weighted by Gasteiger charge is 2.50. The Morgan fingerprint density at radius 1 is 1.11 bits per heavy atom. The molecule has 13 nitrogen and oxygen atoms in total. The number of benzene rings is 2. The highest BCUT2D eigenvalue weighted by molar-refractivity contribution is 5.86. The molecule has 1 unspecified atom stereocenters. The van der Waals surface area contributed by atoms with Crippen LogP contribution in [-0.4, -0.2) is 68.8 Å². The van der Waals surface area contributed by atoms with E-state index in [-0.39, 0.29) is 24.3 Å². The fourth-order valence-electron chi connectivity index (χ4n) is 6.79. The van der Waals surface area contributed by atoms with E-state index < -0.39 is 35.1 Å². The van der Waals surface area contributed by atoms with Gasteiger partial charge in [0, 0.05) is 60.5 Å². The third-order valence-corrected chi connectivity index (χ3v) is 9.22. The molecule has 46 heavy (non-hydrogen) atoms. The Morgan fingerprint density at radius 3 is 2.54 bits per heavy atom. The monoisotopic (exact) mass is 625 g/mol. The van der Waals surface area contributed by atoms with Crippen molar-refractivity contribution in [2.24, 2.45) is 0 Å². The van der Waals surface area contributed by atoms with Gasteiger partial charge in [0.15, 0.2) is 5.60 Å². The number of pyridine rings is 2. The van der Waals surface area contributed by atoms with Gasteiger partial charge in [-0.05, 0) is 36.8 Å². The number of hydrogen-bond donors (Lipinski definition) is 1. The Labute approximate surface area is 262 Å². The summed E-state index contributed by atoms with van der Waals surface area (Å²) < 4.78 is 13.8. The number of carboxylic acid groups (broad SMARTS) is 1. The number of non-ortho nitro benzene ring substituents is 1. The normalized spacial score (nSPS) is 19.7. The maximum atomic E-state index is 13.9. The molecule has 5 heterocycles. The average molecular weight is 626 g/mol. The zero-order valence-corrected chi connectivity index (χ0v) is 25.0. The van der Waals surface area contributed by atoms with Gasteiger partial charge in [-0.2, -0.15) is 0 Å². The Kier molecular flexibility index (Phi) is 7.29. The minimum absolute atomic E-state index is 0.000258. The van der Waals surface area contributed by atoms with Crippen LogP contribution in [0.3, 0.4) is 0 Å². The summed E-state index contributed by atoms with van der Waals surface area (Å²) in [7, 11) is 0. The van der Waals surface area contributed by atoms with Crippen LogP contribution >= 0.6 is 0 Å². The number of anilines is 1. The SMILES string of the molecule is CC[C@@]1(OC(CC(=O)O)N2CCN(c3ccc([N+](=O)[O-])cc3)CC2)C(=O)OCc2c1cc1n(c2=O)Cc2cc3ccccc3nc2-1. The summed E-state index contributed by atoms with van der Waals surface area (Å²) in [6.45, 7) is 3.71. The van der Waals surface area contributed by atoms with Gasteiger partial charge >= 0.3 is 11.9 Å². The quantitative estimate of drug-likeness (QED) is 0.153. The largest absolute Gasteiger partial charge is 0.481 e. The van der Waals surface area contributed by atoms with E-state index in [2.05, 4.69) is 4.90 Å². The smallest absolute Gasteiger partial charge is 0.343 e. The van der Waals surface area contributed by atoms with Crippen molar-refractivity contribution in [1.82, 2.24) is 14.5 Å². The van der Waals surface area contributed by atoms with Gasteiger partial charge in [0.2, 0.25) is 0 Å². The summed E-state index contributed by atoms with van der Waals surface area (Å²) >= 11 is 0. The number of carbonyl (C=O) groups excluding carboxylic acids is 1. The number of ether oxygens (including phenoxy) is 2. The van der Waals surface area contributed by atoms with Crippen LogP contribution in [0.1, 0.15) is 36.5 Å². The van der Waals surface area contributed by atoms with Gasteiger partial charge in [0.05, 0.1) is 40.4 Å². The Hall–Kier alpha value is -5.14. The molecular weight excluding hydrogens is 594 g/mol. The van der Waals surface area contributed by atoms with Crippen LogP contribution in [0.5, 0.6) is 0 Å². The number of piperazine rings is 1. The second-order valence-electron chi connectivity index (χ2n) is 11.7. The molecule has 3 aliphatic rings. The molecule has 1 saturated heterocycles. The standard InChI is InChI=1S/C33H31N5O8/c1-2-33(46-28(17-29(39)40)36-13-11-35(12-14-36)22-7-9-23(10-8-22)38(43)44)25-16-27-30-21(15-20-5-3-4-6-26(20)34-30)18-37(27)31(41)24(25)19-45-32(33)42/h3-10,15-16,28H,2,11-14,17-19H2,1H3,(H,39,40)/t28?,33-/m0/s1. The van der Waals surface area contributed by atoms with E-state index in [0.717, 1.165) is 22.2 Å². The molecule has 2 aromatic carbocycles. The number of aliphatic carboxylic acids is 1. The molecule has 236 valence electrons. The van der Waals surface area contributed by atoms with E-state index in [1.807, 2.05) is 35.2 Å². The van der Waals surface area contributed by atoms with Crippen molar-refractivity contribution in [3.8, 4) is 11.4 Å². The molecule has 0 spiro atoms. The molecule has 13 heteroatoms. The zero-order chi connectivity index (χ0) is 32.2. The first kappa shape index (κ1) is 29.6. The van der Waals surface area contributed by atoms with Crippen molar-refractivity contribution in [3.63, 3.8) is 0 Å². The third-order valence-electron chi connectivity index (χ3n) is 9.22. The maximum absolute atomic E-state index is 13.9. The molecule has 0 radical (unpaired) electrons. The summed E-state index contributed by atoms with van der Waals surface area (Å²) in [6.07, 6.45) is -1.29. The molecule has 0 bridgehead atoms. The van der Waals surface area contributed by atoms with Crippen LogP contribution in [0, 0.1) is 10.1 Å². The van der Waals surface area contributed by atoms with Gasteiger partial charge in [-0.3, -0.25) is 24.6 Å². The highest BCUT2D eigenvalue weighted by Crippen LogP contribution is 2.42. The molecule has 2 aromatic heterocycles. The van der Waals surface area contributed by atoms with Crippen LogP contribution in [0.4, 0.5) is 11.4 Å². The van der Waals surface area contributed by atoms with E-state index in [1.54, 1.807) is 29.7 Å². The number of rotatable bonds is 8. The molecule has 0 amide bonds.